The van der Waals surface area contributed by atoms with E-state index in [1.807, 2.05) is 12.1 Å². The Hall–Kier alpha value is -3.18. The zero-order valence-corrected chi connectivity index (χ0v) is 17.6. The first kappa shape index (κ1) is 21.5. The highest BCUT2D eigenvalue weighted by molar-refractivity contribution is 5.95. The highest BCUT2D eigenvalue weighted by Crippen LogP contribution is 2.24. The number of pyridine rings is 1. The van der Waals surface area contributed by atoms with E-state index in [1.54, 1.807) is 12.3 Å². The van der Waals surface area contributed by atoms with E-state index >= 15 is 0 Å². The summed E-state index contributed by atoms with van der Waals surface area (Å²) in [7, 11) is 0. The second-order valence-corrected chi connectivity index (χ2v) is 7.85. The van der Waals surface area contributed by atoms with E-state index in [0.717, 1.165) is 26.1 Å². The molecular formula is C25H29N3O2. The predicted octanol–water partition coefficient (Wildman–Crippen LogP) is 4.67. The fourth-order valence-corrected chi connectivity index (χ4v) is 3.39. The summed E-state index contributed by atoms with van der Waals surface area (Å²) in [6.07, 6.45) is 3.95. The first-order valence-electron chi connectivity index (χ1n) is 10.3. The summed E-state index contributed by atoms with van der Waals surface area (Å²) >= 11 is 0. The van der Waals surface area contributed by atoms with Crippen molar-refractivity contribution in [3.8, 4) is 11.5 Å². The van der Waals surface area contributed by atoms with Gasteiger partial charge in [-0.3, -0.25) is 14.7 Å². The molecule has 0 saturated heterocycles. The summed E-state index contributed by atoms with van der Waals surface area (Å²) in [6.45, 7) is 7.52. The molecule has 30 heavy (non-hydrogen) atoms. The lowest BCUT2D eigenvalue weighted by Crippen LogP contribution is -2.29. The van der Waals surface area contributed by atoms with Gasteiger partial charge in [-0.05, 0) is 41.7 Å². The number of benzene rings is 2. The van der Waals surface area contributed by atoms with Crippen LogP contribution in [0.3, 0.4) is 0 Å². The minimum atomic E-state index is -0.557. The van der Waals surface area contributed by atoms with Crippen LogP contribution in [-0.2, 0) is 13.0 Å². The summed E-state index contributed by atoms with van der Waals surface area (Å²) in [5.74, 6) is 1.13. The van der Waals surface area contributed by atoms with E-state index in [4.69, 9.17) is 10.5 Å². The van der Waals surface area contributed by atoms with E-state index in [9.17, 15) is 4.79 Å². The highest BCUT2D eigenvalue weighted by Gasteiger charge is 2.11. The molecule has 2 aromatic carbocycles. The third kappa shape index (κ3) is 6.42. The number of amides is 1. The number of nitrogens with two attached hydrogens (primary N) is 1. The van der Waals surface area contributed by atoms with Crippen LogP contribution < -0.4 is 10.5 Å². The molecule has 1 heterocycles. The SMILES string of the molecule is CC(C)CN(CCc1ccc(Oc2ccncc2C(N)=O)cc1)Cc1ccccc1. The van der Waals surface area contributed by atoms with Gasteiger partial charge in [0.25, 0.3) is 5.91 Å². The molecule has 3 aromatic rings. The summed E-state index contributed by atoms with van der Waals surface area (Å²) in [6, 6.07) is 20.2. The van der Waals surface area contributed by atoms with Crippen molar-refractivity contribution in [2.75, 3.05) is 13.1 Å². The maximum atomic E-state index is 11.5. The second kappa shape index (κ2) is 10.6. The van der Waals surface area contributed by atoms with Crippen LogP contribution >= 0.6 is 0 Å². The van der Waals surface area contributed by atoms with Crippen LogP contribution in [0, 0.1) is 5.92 Å². The van der Waals surface area contributed by atoms with Crippen molar-refractivity contribution in [3.05, 3.63) is 89.7 Å². The summed E-state index contributed by atoms with van der Waals surface area (Å²) in [4.78, 5) is 17.9. The maximum Gasteiger partial charge on any atom is 0.254 e. The Bertz CT molecular complexity index is 940. The number of nitrogens with zero attached hydrogens (tertiary/aromatic N) is 2. The third-order valence-corrected chi connectivity index (χ3v) is 4.79. The summed E-state index contributed by atoms with van der Waals surface area (Å²) < 4.78 is 5.83. The van der Waals surface area contributed by atoms with Crippen molar-refractivity contribution in [3.63, 3.8) is 0 Å². The molecule has 0 atom stereocenters. The fourth-order valence-electron chi connectivity index (χ4n) is 3.39. The smallest absolute Gasteiger partial charge is 0.254 e. The minimum absolute atomic E-state index is 0.270. The van der Waals surface area contributed by atoms with Crippen LogP contribution in [0.5, 0.6) is 11.5 Å². The molecule has 5 heteroatoms. The lowest BCUT2D eigenvalue weighted by Gasteiger charge is -2.24. The monoisotopic (exact) mass is 403 g/mol. The van der Waals surface area contributed by atoms with Gasteiger partial charge in [-0.25, -0.2) is 0 Å². The molecular weight excluding hydrogens is 374 g/mol. The number of primary amides is 1. The number of ether oxygens (including phenoxy) is 1. The summed E-state index contributed by atoms with van der Waals surface area (Å²) in [5, 5.41) is 0. The predicted molar refractivity (Wildman–Crippen MR) is 120 cm³/mol. The Kier molecular flexibility index (Phi) is 7.57. The van der Waals surface area contributed by atoms with Crippen LogP contribution in [0.4, 0.5) is 0 Å². The van der Waals surface area contributed by atoms with Gasteiger partial charge in [-0.1, -0.05) is 56.3 Å². The van der Waals surface area contributed by atoms with E-state index in [2.05, 4.69) is 66.2 Å². The number of hydrogen-bond donors (Lipinski definition) is 1. The quantitative estimate of drug-likeness (QED) is 0.534. The number of aromatic nitrogens is 1. The maximum absolute atomic E-state index is 11.5. The standard InChI is InChI=1S/C25H29N3O2/c1-19(2)17-28(18-21-6-4-3-5-7-21)15-13-20-8-10-22(11-9-20)30-24-12-14-27-16-23(24)25(26)29/h3-12,14,16,19H,13,15,17-18H2,1-2H3,(H2,26,29). The van der Waals surface area contributed by atoms with Crippen molar-refractivity contribution in [2.45, 2.75) is 26.8 Å². The topological polar surface area (TPSA) is 68.4 Å². The van der Waals surface area contributed by atoms with Crippen LogP contribution in [0.15, 0.2) is 73.1 Å². The molecule has 0 aliphatic rings. The molecule has 156 valence electrons. The molecule has 0 aliphatic carbocycles. The number of hydrogen-bond acceptors (Lipinski definition) is 4. The average Bonchev–Trinajstić information content (AvgIpc) is 2.73. The molecule has 0 unspecified atom stereocenters. The van der Waals surface area contributed by atoms with Crippen molar-refractivity contribution in [2.24, 2.45) is 11.7 Å². The Morgan fingerprint density at radius 3 is 2.43 bits per heavy atom. The number of carbonyl (C=O) groups excluding carboxylic acids is 1. The van der Waals surface area contributed by atoms with Crippen LogP contribution in [0.1, 0.15) is 35.3 Å². The van der Waals surface area contributed by atoms with Crippen molar-refractivity contribution >= 4 is 5.91 Å². The van der Waals surface area contributed by atoms with Crippen LogP contribution in [0.2, 0.25) is 0 Å². The summed E-state index contributed by atoms with van der Waals surface area (Å²) in [5.41, 5.74) is 8.24. The molecule has 0 saturated carbocycles. The van der Waals surface area contributed by atoms with Gasteiger partial charge in [0.1, 0.15) is 17.1 Å². The Balaban J connectivity index is 1.61. The van der Waals surface area contributed by atoms with E-state index in [-0.39, 0.29) is 5.56 Å². The zero-order chi connectivity index (χ0) is 21.3. The molecule has 2 N–H and O–H groups in total. The first-order valence-corrected chi connectivity index (χ1v) is 10.3. The molecule has 0 bridgehead atoms. The largest absolute Gasteiger partial charge is 0.456 e. The van der Waals surface area contributed by atoms with Gasteiger partial charge in [0, 0.05) is 32.0 Å². The van der Waals surface area contributed by atoms with Crippen LogP contribution in [-0.4, -0.2) is 28.9 Å². The Labute approximate surface area is 178 Å². The Morgan fingerprint density at radius 1 is 1.03 bits per heavy atom. The first-order chi connectivity index (χ1) is 14.5. The zero-order valence-electron chi connectivity index (χ0n) is 17.6. The van der Waals surface area contributed by atoms with Gasteiger partial charge in [0.2, 0.25) is 0 Å². The van der Waals surface area contributed by atoms with Crippen molar-refractivity contribution in [1.82, 2.24) is 9.88 Å². The van der Waals surface area contributed by atoms with E-state index in [0.29, 0.717) is 17.4 Å². The average molecular weight is 404 g/mol. The van der Waals surface area contributed by atoms with Gasteiger partial charge in [-0.2, -0.15) is 0 Å². The van der Waals surface area contributed by atoms with E-state index < -0.39 is 5.91 Å². The lowest BCUT2D eigenvalue weighted by atomic mass is 10.1. The molecule has 0 aliphatic heterocycles. The molecule has 1 aromatic heterocycles. The van der Waals surface area contributed by atoms with Gasteiger partial charge < -0.3 is 10.5 Å². The van der Waals surface area contributed by atoms with Gasteiger partial charge in [0.05, 0.1) is 0 Å². The third-order valence-electron chi connectivity index (χ3n) is 4.79. The van der Waals surface area contributed by atoms with Gasteiger partial charge in [-0.15, -0.1) is 0 Å². The molecule has 5 nitrogen and oxygen atoms in total. The highest BCUT2D eigenvalue weighted by atomic mass is 16.5. The molecule has 3 rings (SSSR count). The van der Waals surface area contributed by atoms with Gasteiger partial charge in [0.15, 0.2) is 0 Å². The van der Waals surface area contributed by atoms with Crippen LogP contribution in [0.25, 0.3) is 0 Å². The Morgan fingerprint density at radius 2 is 1.77 bits per heavy atom. The molecule has 1 amide bonds. The molecule has 0 fully saturated rings. The minimum Gasteiger partial charge on any atom is -0.456 e. The van der Waals surface area contributed by atoms with Crippen molar-refractivity contribution in [1.29, 1.82) is 0 Å². The lowest BCUT2D eigenvalue weighted by molar-refractivity contribution is 0.0997. The normalized spacial score (nSPS) is 11.1. The fraction of sp³-hybridized carbons (Fsp3) is 0.280. The molecule has 0 spiro atoms. The number of carbonyl (C=O) groups is 1. The van der Waals surface area contributed by atoms with Gasteiger partial charge >= 0.3 is 0 Å². The molecule has 0 radical (unpaired) electrons. The second-order valence-electron chi connectivity index (χ2n) is 7.85. The van der Waals surface area contributed by atoms with E-state index in [1.165, 1.54) is 17.3 Å². The van der Waals surface area contributed by atoms with Crippen molar-refractivity contribution < 1.29 is 9.53 Å². The number of rotatable bonds is 10.